The average molecular weight is 279 g/mol. The van der Waals surface area contributed by atoms with Gasteiger partial charge < -0.3 is 5.32 Å². The van der Waals surface area contributed by atoms with Crippen LogP contribution in [0.25, 0.3) is 5.78 Å². The van der Waals surface area contributed by atoms with Crippen molar-refractivity contribution in [1.82, 2.24) is 19.6 Å². The van der Waals surface area contributed by atoms with Gasteiger partial charge in [0.05, 0.1) is 0 Å². The zero-order valence-electron chi connectivity index (χ0n) is 12.2. The first-order valence-corrected chi connectivity index (χ1v) is 7.23. The standard InChI is InChI=1S/C16H17N5/c1-10-7-11(2)21-15(19-20-16(21)18-10)13-8-12-5-3-4-6-14(12)17-9-13/h3-7,13,17H,8-9H2,1-2H3. The highest BCUT2D eigenvalue weighted by Gasteiger charge is 2.24. The lowest BCUT2D eigenvalue weighted by atomic mass is 9.93. The van der Waals surface area contributed by atoms with Gasteiger partial charge in [0.25, 0.3) is 5.78 Å². The number of nitrogens with one attached hydrogen (secondary N) is 1. The number of nitrogens with zero attached hydrogens (tertiary/aromatic N) is 4. The Balaban J connectivity index is 1.78. The molecule has 5 nitrogen and oxygen atoms in total. The minimum atomic E-state index is 0.318. The second kappa shape index (κ2) is 4.55. The summed E-state index contributed by atoms with van der Waals surface area (Å²) in [7, 11) is 0. The monoisotopic (exact) mass is 279 g/mol. The van der Waals surface area contributed by atoms with Crippen molar-refractivity contribution in [2.24, 2.45) is 0 Å². The van der Waals surface area contributed by atoms with Gasteiger partial charge in [-0.05, 0) is 38.0 Å². The average Bonchev–Trinajstić information content (AvgIpc) is 2.90. The summed E-state index contributed by atoms with van der Waals surface area (Å²) in [5.74, 6) is 2.01. The lowest BCUT2D eigenvalue weighted by molar-refractivity contribution is 0.637. The molecular formula is C16H17N5. The first-order chi connectivity index (χ1) is 10.2. The molecule has 2 aromatic heterocycles. The van der Waals surface area contributed by atoms with Crippen molar-refractivity contribution < 1.29 is 0 Å². The maximum absolute atomic E-state index is 4.47. The van der Waals surface area contributed by atoms with Gasteiger partial charge in [0.15, 0.2) is 0 Å². The molecule has 3 heterocycles. The predicted molar refractivity (Wildman–Crippen MR) is 81.6 cm³/mol. The van der Waals surface area contributed by atoms with E-state index < -0.39 is 0 Å². The van der Waals surface area contributed by atoms with Crippen molar-refractivity contribution in [2.45, 2.75) is 26.2 Å². The molecule has 1 aromatic carbocycles. The van der Waals surface area contributed by atoms with E-state index in [2.05, 4.69) is 62.2 Å². The predicted octanol–water partition coefficient (Wildman–Crippen LogP) is 2.49. The van der Waals surface area contributed by atoms with E-state index in [1.165, 1.54) is 11.3 Å². The minimum Gasteiger partial charge on any atom is -0.384 e. The van der Waals surface area contributed by atoms with Crippen LogP contribution >= 0.6 is 0 Å². The van der Waals surface area contributed by atoms with Crippen LogP contribution in [0.3, 0.4) is 0 Å². The van der Waals surface area contributed by atoms with Crippen molar-refractivity contribution in [1.29, 1.82) is 0 Å². The summed E-state index contributed by atoms with van der Waals surface area (Å²) in [6, 6.07) is 10.5. The van der Waals surface area contributed by atoms with Crippen LogP contribution in [-0.2, 0) is 6.42 Å². The van der Waals surface area contributed by atoms with Gasteiger partial charge in [-0.2, -0.15) is 0 Å². The summed E-state index contributed by atoms with van der Waals surface area (Å²) >= 11 is 0. The molecule has 0 radical (unpaired) electrons. The van der Waals surface area contributed by atoms with Crippen molar-refractivity contribution >= 4 is 11.5 Å². The molecule has 1 N–H and O–H groups in total. The van der Waals surface area contributed by atoms with E-state index in [-0.39, 0.29) is 0 Å². The number of hydrogen-bond donors (Lipinski definition) is 1. The fourth-order valence-electron chi connectivity index (χ4n) is 3.14. The Morgan fingerprint density at radius 2 is 2.05 bits per heavy atom. The van der Waals surface area contributed by atoms with E-state index >= 15 is 0 Å². The maximum atomic E-state index is 4.47. The number of anilines is 1. The third-order valence-electron chi connectivity index (χ3n) is 4.11. The van der Waals surface area contributed by atoms with Gasteiger partial charge in [0.1, 0.15) is 5.82 Å². The smallest absolute Gasteiger partial charge is 0.255 e. The maximum Gasteiger partial charge on any atom is 0.255 e. The van der Waals surface area contributed by atoms with Crippen molar-refractivity contribution in [3.05, 3.63) is 53.1 Å². The lowest BCUT2D eigenvalue weighted by Crippen LogP contribution is -2.23. The van der Waals surface area contributed by atoms with Crippen molar-refractivity contribution in [2.75, 3.05) is 11.9 Å². The van der Waals surface area contributed by atoms with Crippen LogP contribution in [0.5, 0.6) is 0 Å². The third-order valence-corrected chi connectivity index (χ3v) is 4.11. The molecule has 3 aromatic rings. The number of para-hydroxylation sites is 1. The van der Waals surface area contributed by atoms with Gasteiger partial charge in [-0.15, -0.1) is 10.2 Å². The summed E-state index contributed by atoms with van der Waals surface area (Å²) in [5.41, 5.74) is 4.68. The fraction of sp³-hybridized carbons (Fsp3) is 0.312. The number of aryl methyl sites for hydroxylation is 2. The topological polar surface area (TPSA) is 55.1 Å². The number of aromatic nitrogens is 4. The molecule has 0 fully saturated rings. The Kier molecular flexibility index (Phi) is 2.67. The minimum absolute atomic E-state index is 0.318. The van der Waals surface area contributed by atoms with Crippen LogP contribution < -0.4 is 5.32 Å². The van der Waals surface area contributed by atoms with Gasteiger partial charge in [-0.25, -0.2) is 4.98 Å². The van der Waals surface area contributed by atoms with E-state index in [0.29, 0.717) is 11.7 Å². The Morgan fingerprint density at radius 3 is 2.95 bits per heavy atom. The SMILES string of the molecule is Cc1cc(C)n2c(C3CNc4ccccc4C3)nnc2n1. The van der Waals surface area contributed by atoms with Crippen LogP contribution in [0.2, 0.25) is 0 Å². The molecule has 4 rings (SSSR count). The molecule has 1 unspecified atom stereocenters. The number of hydrogen-bond acceptors (Lipinski definition) is 4. The Labute approximate surface area is 123 Å². The molecule has 0 bridgehead atoms. The van der Waals surface area contributed by atoms with E-state index in [4.69, 9.17) is 0 Å². The van der Waals surface area contributed by atoms with Gasteiger partial charge in [-0.1, -0.05) is 18.2 Å². The largest absolute Gasteiger partial charge is 0.384 e. The second-order valence-corrected chi connectivity index (χ2v) is 5.67. The highest BCUT2D eigenvalue weighted by Crippen LogP contribution is 2.29. The quantitative estimate of drug-likeness (QED) is 0.743. The highest BCUT2D eigenvalue weighted by molar-refractivity contribution is 5.54. The molecule has 21 heavy (non-hydrogen) atoms. The highest BCUT2D eigenvalue weighted by atomic mass is 15.3. The molecule has 0 spiro atoms. The molecule has 1 atom stereocenters. The normalized spacial score (nSPS) is 17.5. The van der Waals surface area contributed by atoms with Crippen LogP contribution in [0, 0.1) is 13.8 Å². The van der Waals surface area contributed by atoms with E-state index in [1.807, 2.05) is 6.92 Å². The summed E-state index contributed by atoms with van der Waals surface area (Å²) in [5, 5.41) is 12.1. The van der Waals surface area contributed by atoms with Crippen LogP contribution in [-0.4, -0.2) is 26.1 Å². The first-order valence-electron chi connectivity index (χ1n) is 7.23. The van der Waals surface area contributed by atoms with Crippen LogP contribution in [0.15, 0.2) is 30.3 Å². The van der Waals surface area contributed by atoms with Gasteiger partial charge in [0.2, 0.25) is 0 Å². The number of fused-ring (bicyclic) bond motifs is 2. The zero-order chi connectivity index (χ0) is 14.4. The van der Waals surface area contributed by atoms with Crippen LogP contribution in [0.4, 0.5) is 5.69 Å². The lowest BCUT2D eigenvalue weighted by Gasteiger charge is -2.25. The van der Waals surface area contributed by atoms with Gasteiger partial charge >= 0.3 is 0 Å². The van der Waals surface area contributed by atoms with E-state index in [0.717, 1.165) is 30.2 Å². The van der Waals surface area contributed by atoms with E-state index in [1.54, 1.807) is 0 Å². The molecule has 5 heteroatoms. The van der Waals surface area contributed by atoms with Crippen molar-refractivity contribution in [3.63, 3.8) is 0 Å². The summed E-state index contributed by atoms with van der Waals surface area (Å²) in [6.45, 7) is 4.95. The molecule has 0 saturated heterocycles. The number of benzene rings is 1. The molecule has 0 amide bonds. The summed E-state index contributed by atoms with van der Waals surface area (Å²) < 4.78 is 2.08. The Bertz CT molecular complexity index is 821. The molecule has 106 valence electrons. The summed E-state index contributed by atoms with van der Waals surface area (Å²) in [4.78, 5) is 4.47. The van der Waals surface area contributed by atoms with Crippen molar-refractivity contribution in [3.8, 4) is 0 Å². The van der Waals surface area contributed by atoms with Gasteiger partial charge in [0, 0.05) is 29.5 Å². The zero-order valence-corrected chi connectivity index (χ0v) is 12.2. The van der Waals surface area contributed by atoms with Gasteiger partial charge in [-0.3, -0.25) is 4.40 Å². The molecule has 0 aliphatic carbocycles. The molecule has 1 aliphatic heterocycles. The molecule has 0 saturated carbocycles. The first kappa shape index (κ1) is 12.3. The third kappa shape index (κ3) is 1.96. The van der Waals surface area contributed by atoms with E-state index in [9.17, 15) is 0 Å². The Hall–Kier alpha value is -2.43. The molecular weight excluding hydrogens is 262 g/mol. The summed E-state index contributed by atoms with van der Waals surface area (Å²) in [6.07, 6.45) is 0.983. The van der Waals surface area contributed by atoms with Crippen LogP contribution in [0.1, 0.15) is 28.7 Å². The Morgan fingerprint density at radius 1 is 1.19 bits per heavy atom. The second-order valence-electron chi connectivity index (χ2n) is 5.67. The molecule has 1 aliphatic rings. The fourth-order valence-corrected chi connectivity index (χ4v) is 3.14. The number of rotatable bonds is 1.